The molecule has 1 N–H and O–H groups in total. The second-order valence-electron chi connectivity index (χ2n) is 5.74. The Morgan fingerprint density at radius 3 is 2.78 bits per heavy atom. The minimum atomic E-state index is -4.00. The fourth-order valence-electron chi connectivity index (χ4n) is 2.69. The highest BCUT2D eigenvalue weighted by Gasteiger charge is 2.25. The average molecular weight is 390 g/mol. The molecular weight excluding hydrogens is 371 g/mol. The Labute approximate surface area is 156 Å². The van der Waals surface area contributed by atoms with E-state index in [-0.39, 0.29) is 10.8 Å². The van der Waals surface area contributed by atoms with Crippen LogP contribution in [0.4, 0.5) is 4.39 Å². The van der Waals surface area contributed by atoms with Crippen LogP contribution in [0.3, 0.4) is 0 Å². The lowest BCUT2D eigenvalue weighted by atomic mass is 10.1. The summed E-state index contributed by atoms with van der Waals surface area (Å²) in [7, 11) is -4.00. The Morgan fingerprint density at radius 1 is 1.26 bits per heavy atom. The topological polar surface area (TPSA) is 86.1 Å². The summed E-state index contributed by atoms with van der Waals surface area (Å²) >= 11 is 0. The summed E-state index contributed by atoms with van der Waals surface area (Å²) in [5, 5.41) is 3.92. The van der Waals surface area contributed by atoms with Crippen LogP contribution in [-0.4, -0.2) is 29.8 Å². The molecule has 0 amide bonds. The number of benzene rings is 1. The second kappa shape index (κ2) is 7.85. The molecule has 1 atom stereocenters. The number of aromatic nitrogens is 3. The van der Waals surface area contributed by atoms with Crippen molar-refractivity contribution in [3.05, 3.63) is 66.4 Å². The molecule has 0 spiro atoms. The van der Waals surface area contributed by atoms with Gasteiger partial charge in [0.2, 0.25) is 5.03 Å². The van der Waals surface area contributed by atoms with Gasteiger partial charge in [0.05, 0.1) is 12.3 Å². The SMILES string of the molecule is CCOc1cccnc1S(=O)(=O)NC(C)c1cc(F)ccc1-n1cccn1. The maximum absolute atomic E-state index is 13.8. The van der Waals surface area contributed by atoms with Crippen LogP contribution in [0.1, 0.15) is 25.5 Å². The van der Waals surface area contributed by atoms with E-state index < -0.39 is 21.9 Å². The number of pyridine rings is 1. The summed E-state index contributed by atoms with van der Waals surface area (Å²) in [5.41, 5.74) is 1.01. The van der Waals surface area contributed by atoms with Gasteiger partial charge in [-0.05, 0) is 55.8 Å². The molecule has 0 radical (unpaired) electrons. The molecule has 2 aromatic heterocycles. The van der Waals surface area contributed by atoms with Gasteiger partial charge in [-0.15, -0.1) is 0 Å². The fourth-order valence-corrected chi connectivity index (χ4v) is 3.98. The molecule has 142 valence electrons. The first-order valence-electron chi connectivity index (χ1n) is 8.32. The van der Waals surface area contributed by atoms with Crippen molar-refractivity contribution < 1.29 is 17.5 Å². The van der Waals surface area contributed by atoms with Crippen molar-refractivity contribution in [3.8, 4) is 11.4 Å². The van der Waals surface area contributed by atoms with Gasteiger partial charge in [-0.1, -0.05) is 0 Å². The molecule has 0 saturated heterocycles. The quantitative estimate of drug-likeness (QED) is 0.670. The Balaban J connectivity index is 1.96. The van der Waals surface area contributed by atoms with E-state index in [2.05, 4.69) is 14.8 Å². The van der Waals surface area contributed by atoms with Crippen LogP contribution in [0.15, 0.2) is 60.0 Å². The first kappa shape index (κ1) is 19.0. The zero-order chi connectivity index (χ0) is 19.4. The van der Waals surface area contributed by atoms with Crippen LogP contribution >= 0.6 is 0 Å². The van der Waals surface area contributed by atoms with Gasteiger partial charge >= 0.3 is 0 Å². The number of sulfonamides is 1. The average Bonchev–Trinajstić information content (AvgIpc) is 3.16. The molecule has 0 aliphatic carbocycles. The molecule has 3 rings (SSSR count). The van der Waals surface area contributed by atoms with E-state index in [1.54, 1.807) is 49.1 Å². The molecule has 7 nitrogen and oxygen atoms in total. The number of hydrogen-bond acceptors (Lipinski definition) is 5. The normalized spacial score (nSPS) is 12.7. The van der Waals surface area contributed by atoms with Crippen LogP contribution in [0.2, 0.25) is 0 Å². The third-order valence-electron chi connectivity index (χ3n) is 3.83. The van der Waals surface area contributed by atoms with E-state index in [1.165, 1.54) is 24.4 Å². The smallest absolute Gasteiger partial charge is 0.262 e. The van der Waals surface area contributed by atoms with Gasteiger partial charge in [0.25, 0.3) is 10.0 Å². The molecule has 0 saturated carbocycles. The highest BCUT2D eigenvalue weighted by Crippen LogP contribution is 2.26. The minimum absolute atomic E-state index is 0.159. The maximum Gasteiger partial charge on any atom is 0.262 e. The van der Waals surface area contributed by atoms with E-state index in [0.29, 0.717) is 17.9 Å². The predicted octanol–water partition coefficient (Wildman–Crippen LogP) is 2.84. The van der Waals surface area contributed by atoms with E-state index in [4.69, 9.17) is 4.74 Å². The number of rotatable bonds is 7. The molecule has 0 aliphatic rings. The standard InChI is InChI=1S/C18H19FN4O3S/c1-3-26-17-6-4-9-20-18(17)27(24,25)22-13(2)15-12-14(19)7-8-16(15)23-11-5-10-21-23/h4-13,22H,3H2,1-2H3. The van der Waals surface area contributed by atoms with Gasteiger partial charge in [-0.3, -0.25) is 0 Å². The third kappa shape index (κ3) is 4.15. The number of hydrogen-bond donors (Lipinski definition) is 1. The summed E-state index contributed by atoms with van der Waals surface area (Å²) in [6.07, 6.45) is 4.66. The van der Waals surface area contributed by atoms with E-state index in [0.717, 1.165) is 0 Å². The zero-order valence-electron chi connectivity index (χ0n) is 14.8. The minimum Gasteiger partial charge on any atom is -0.491 e. The summed E-state index contributed by atoms with van der Waals surface area (Å²) in [5.74, 6) is -0.314. The summed E-state index contributed by atoms with van der Waals surface area (Å²) < 4.78 is 48.9. The molecule has 1 aromatic carbocycles. The first-order valence-corrected chi connectivity index (χ1v) is 9.80. The molecule has 27 heavy (non-hydrogen) atoms. The maximum atomic E-state index is 13.8. The van der Waals surface area contributed by atoms with Gasteiger partial charge < -0.3 is 4.74 Å². The van der Waals surface area contributed by atoms with Crippen LogP contribution in [0, 0.1) is 5.82 Å². The van der Waals surface area contributed by atoms with E-state index in [9.17, 15) is 12.8 Å². The second-order valence-corrected chi connectivity index (χ2v) is 7.37. The van der Waals surface area contributed by atoms with Crippen molar-refractivity contribution >= 4 is 10.0 Å². The fraction of sp³-hybridized carbons (Fsp3) is 0.222. The molecule has 2 heterocycles. The van der Waals surface area contributed by atoms with Gasteiger partial charge in [-0.2, -0.15) is 5.10 Å². The van der Waals surface area contributed by atoms with Gasteiger partial charge in [-0.25, -0.2) is 27.2 Å². The highest BCUT2D eigenvalue weighted by atomic mass is 32.2. The highest BCUT2D eigenvalue weighted by molar-refractivity contribution is 7.89. The summed E-state index contributed by atoms with van der Waals surface area (Å²) in [4.78, 5) is 3.94. The molecule has 9 heteroatoms. The van der Waals surface area contributed by atoms with E-state index in [1.807, 2.05) is 0 Å². The zero-order valence-corrected chi connectivity index (χ0v) is 15.6. The summed E-state index contributed by atoms with van der Waals surface area (Å²) in [6.45, 7) is 3.68. The van der Waals surface area contributed by atoms with Crippen LogP contribution < -0.4 is 9.46 Å². The molecule has 3 aromatic rings. The molecule has 0 fully saturated rings. The lowest BCUT2D eigenvalue weighted by Gasteiger charge is -2.19. The lowest BCUT2D eigenvalue weighted by molar-refractivity contribution is 0.327. The van der Waals surface area contributed by atoms with Gasteiger partial charge in [0, 0.05) is 24.6 Å². The Bertz CT molecular complexity index is 1020. The van der Waals surface area contributed by atoms with Crippen molar-refractivity contribution in [2.75, 3.05) is 6.61 Å². The Morgan fingerprint density at radius 2 is 2.07 bits per heavy atom. The van der Waals surface area contributed by atoms with Crippen LogP contribution in [0.25, 0.3) is 5.69 Å². The van der Waals surface area contributed by atoms with Crippen molar-refractivity contribution in [1.29, 1.82) is 0 Å². The molecule has 1 unspecified atom stereocenters. The largest absolute Gasteiger partial charge is 0.491 e. The van der Waals surface area contributed by atoms with Crippen molar-refractivity contribution in [3.63, 3.8) is 0 Å². The molecule has 0 bridgehead atoms. The van der Waals surface area contributed by atoms with Gasteiger partial charge in [0.1, 0.15) is 5.82 Å². The number of nitrogens with one attached hydrogen (secondary N) is 1. The molecular formula is C18H19FN4O3S. The van der Waals surface area contributed by atoms with E-state index >= 15 is 0 Å². The molecule has 0 aliphatic heterocycles. The lowest BCUT2D eigenvalue weighted by Crippen LogP contribution is -2.29. The first-order chi connectivity index (χ1) is 12.9. The monoisotopic (exact) mass is 390 g/mol. The summed E-state index contributed by atoms with van der Waals surface area (Å²) in [6, 6.07) is 8.25. The number of halogens is 1. The third-order valence-corrected chi connectivity index (χ3v) is 5.31. The van der Waals surface area contributed by atoms with Crippen molar-refractivity contribution in [2.45, 2.75) is 24.9 Å². The van der Waals surface area contributed by atoms with Gasteiger partial charge in [0.15, 0.2) is 5.75 Å². The van der Waals surface area contributed by atoms with Crippen molar-refractivity contribution in [1.82, 2.24) is 19.5 Å². The number of nitrogens with zero attached hydrogens (tertiary/aromatic N) is 3. The number of ether oxygens (including phenoxy) is 1. The van der Waals surface area contributed by atoms with Crippen LogP contribution in [0.5, 0.6) is 5.75 Å². The Kier molecular flexibility index (Phi) is 5.52. The Hall–Kier alpha value is -2.78. The van der Waals surface area contributed by atoms with Crippen molar-refractivity contribution in [2.24, 2.45) is 0 Å². The predicted molar refractivity (Wildman–Crippen MR) is 97.7 cm³/mol. The van der Waals surface area contributed by atoms with Crippen LogP contribution in [-0.2, 0) is 10.0 Å².